The Morgan fingerprint density at radius 1 is 1.38 bits per heavy atom. The molecule has 1 N–H and O–H groups in total. The molecule has 1 amide bonds. The molecule has 1 heterocycles. The number of hydrogen-bond acceptors (Lipinski definition) is 3. The molecule has 1 aliphatic rings. The van der Waals surface area contributed by atoms with Crippen LogP contribution >= 0.6 is 0 Å². The van der Waals surface area contributed by atoms with Gasteiger partial charge >= 0.3 is 0 Å². The largest absolute Gasteiger partial charge is 0.337 e. The average molecular weight is 288 g/mol. The van der Waals surface area contributed by atoms with Crippen LogP contribution in [0.5, 0.6) is 0 Å². The van der Waals surface area contributed by atoms with Crippen molar-refractivity contribution in [2.24, 2.45) is 0 Å². The number of carbonyl (C=O) groups is 1. The molecule has 6 heteroatoms. The van der Waals surface area contributed by atoms with Crippen molar-refractivity contribution in [1.82, 2.24) is 20.1 Å². The SMILES string of the molecule is Cc1nc(CN(C)C(=O)C2(c3ccc(F)cc3)CC2)n[nH]1. The van der Waals surface area contributed by atoms with Crippen LogP contribution in [0.3, 0.4) is 0 Å². The Kier molecular flexibility index (Phi) is 3.23. The van der Waals surface area contributed by atoms with Gasteiger partial charge in [-0.05, 0) is 37.5 Å². The lowest BCUT2D eigenvalue weighted by atomic mass is 9.94. The lowest BCUT2D eigenvalue weighted by Crippen LogP contribution is -2.36. The third-order valence-corrected chi connectivity index (χ3v) is 3.93. The predicted octanol–water partition coefficient (Wildman–Crippen LogP) is 1.94. The molecule has 0 unspecified atom stereocenters. The zero-order valence-corrected chi connectivity index (χ0v) is 12.1. The highest BCUT2D eigenvalue weighted by Gasteiger charge is 2.52. The quantitative estimate of drug-likeness (QED) is 0.935. The lowest BCUT2D eigenvalue weighted by molar-refractivity contribution is -0.133. The van der Waals surface area contributed by atoms with Crippen molar-refractivity contribution in [2.75, 3.05) is 7.05 Å². The summed E-state index contributed by atoms with van der Waals surface area (Å²) in [4.78, 5) is 18.5. The van der Waals surface area contributed by atoms with Gasteiger partial charge in [-0.2, -0.15) is 5.10 Å². The number of likely N-dealkylation sites (N-methyl/N-ethyl adjacent to an activating group) is 1. The number of amides is 1. The Morgan fingerprint density at radius 3 is 2.57 bits per heavy atom. The molecule has 1 saturated carbocycles. The summed E-state index contributed by atoms with van der Waals surface area (Å²) < 4.78 is 13.0. The molecule has 1 fully saturated rings. The smallest absolute Gasteiger partial charge is 0.233 e. The van der Waals surface area contributed by atoms with Gasteiger partial charge in [-0.3, -0.25) is 9.89 Å². The minimum Gasteiger partial charge on any atom is -0.337 e. The number of rotatable bonds is 4. The molecule has 21 heavy (non-hydrogen) atoms. The van der Waals surface area contributed by atoms with Gasteiger partial charge in [0, 0.05) is 7.05 Å². The van der Waals surface area contributed by atoms with Crippen molar-refractivity contribution >= 4 is 5.91 Å². The first kappa shape index (κ1) is 13.7. The fourth-order valence-electron chi connectivity index (χ4n) is 2.63. The van der Waals surface area contributed by atoms with E-state index in [1.807, 2.05) is 6.92 Å². The van der Waals surface area contributed by atoms with Gasteiger partial charge in [0.25, 0.3) is 0 Å². The minimum absolute atomic E-state index is 0.0385. The molecular formula is C15H17FN4O. The average Bonchev–Trinajstić information content (AvgIpc) is 3.17. The summed E-state index contributed by atoms with van der Waals surface area (Å²) in [5, 5.41) is 6.81. The summed E-state index contributed by atoms with van der Waals surface area (Å²) in [5.41, 5.74) is 0.389. The third kappa shape index (κ3) is 2.53. The maximum Gasteiger partial charge on any atom is 0.233 e. The maximum absolute atomic E-state index is 13.0. The standard InChI is InChI=1S/C15H17FN4O/c1-10-17-13(19-18-10)9-20(2)14(21)15(7-8-15)11-3-5-12(16)6-4-11/h3-6H,7-9H2,1-2H3,(H,17,18,19). The highest BCUT2D eigenvalue weighted by molar-refractivity contribution is 5.91. The van der Waals surface area contributed by atoms with Crippen molar-refractivity contribution in [3.63, 3.8) is 0 Å². The molecule has 1 aromatic carbocycles. The number of halogens is 1. The Bertz CT molecular complexity index is 661. The number of H-pyrrole nitrogens is 1. The third-order valence-electron chi connectivity index (χ3n) is 3.93. The first-order chi connectivity index (χ1) is 10.0. The van der Waals surface area contributed by atoms with Gasteiger partial charge in [-0.15, -0.1) is 0 Å². The monoisotopic (exact) mass is 288 g/mol. The van der Waals surface area contributed by atoms with Crippen LogP contribution in [0.1, 0.15) is 30.1 Å². The normalized spacial score (nSPS) is 15.8. The predicted molar refractivity (Wildman–Crippen MR) is 74.9 cm³/mol. The topological polar surface area (TPSA) is 61.9 Å². The summed E-state index contributed by atoms with van der Waals surface area (Å²) in [6.45, 7) is 2.19. The van der Waals surface area contributed by atoms with E-state index in [4.69, 9.17) is 0 Å². The van der Waals surface area contributed by atoms with Crippen molar-refractivity contribution in [3.8, 4) is 0 Å². The summed E-state index contributed by atoms with van der Waals surface area (Å²) in [5.74, 6) is 1.08. The number of nitrogens with zero attached hydrogens (tertiary/aromatic N) is 3. The maximum atomic E-state index is 13.0. The Labute approximate surface area is 122 Å². The van der Waals surface area contributed by atoms with E-state index in [2.05, 4.69) is 15.2 Å². The molecule has 0 aliphatic heterocycles. The van der Waals surface area contributed by atoms with E-state index in [0.29, 0.717) is 12.4 Å². The molecule has 110 valence electrons. The van der Waals surface area contributed by atoms with Gasteiger partial charge in [-0.25, -0.2) is 9.37 Å². The molecule has 5 nitrogen and oxygen atoms in total. The molecule has 0 spiro atoms. The van der Waals surface area contributed by atoms with E-state index in [-0.39, 0.29) is 11.7 Å². The van der Waals surface area contributed by atoms with Crippen molar-refractivity contribution < 1.29 is 9.18 Å². The van der Waals surface area contributed by atoms with Crippen LogP contribution in [0.4, 0.5) is 4.39 Å². The van der Waals surface area contributed by atoms with Crippen molar-refractivity contribution in [2.45, 2.75) is 31.7 Å². The van der Waals surface area contributed by atoms with Gasteiger partial charge in [0.15, 0.2) is 5.82 Å². The molecule has 0 bridgehead atoms. The molecule has 1 aliphatic carbocycles. The van der Waals surface area contributed by atoms with E-state index in [1.54, 1.807) is 24.1 Å². The highest BCUT2D eigenvalue weighted by atomic mass is 19.1. The second kappa shape index (κ2) is 4.95. The number of carbonyl (C=O) groups excluding carboxylic acids is 1. The molecular weight excluding hydrogens is 271 g/mol. The van der Waals surface area contributed by atoms with Crippen molar-refractivity contribution in [3.05, 3.63) is 47.3 Å². The second-order valence-electron chi connectivity index (χ2n) is 5.59. The van der Waals surface area contributed by atoms with Crippen LogP contribution in [0, 0.1) is 12.7 Å². The molecule has 2 aromatic rings. The van der Waals surface area contributed by atoms with Gasteiger partial charge in [0.1, 0.15) is 11.6 Å². The van der Waals surface area contributed by atoms with Gasteiger partial charge in [0.05, 0.1) is 12.0 Å². The van der Waals surface area contributed by atoms with E-state index in [1.165, 1.54) is 12.1 Å². The lowest BCUT2D eigenvalue weighted by Gasteiger charge is -2.22. The zero-order chi connectivity index (χ0) is 15.0. The Morgan fingerprint density at radius 2 is 2.05 bits per heavy atom. The van der Waals surface area contributed by atoms with Crippen LogP contribution in [-0.2, 0) is 16.8 Å². The number of benzene rings is 1. The molecule has 1 aromatic heterocycles. The number of aromatic nitrogens is 3. The Hall–Kier alpha value is -2.24. The molecule has 0 saturated heterocycles. The van der Waals surface area contributed by atoms with Crippen LogP contribution < -0.4 is 0 Å². The fourth-order valence-corrected chi connectivity index (χ4v) is 2.63. The van der Waals surface area contributed by atoms with Gasteiger partial charge in [-0.1, -0.05) is 12.1 Å². The number of aryl methyl sites for hydroxylation is 1. The minimum atomic E-state index is -0.492. The molecule has 3 rings (SSSR count). The summed E-state index contributed by atoms with van der Waals surface area (Å²) >= 11 is 0. The van der Waals surface area contributed by atoms with E-state index in [0.717, 1.165) is 24.2 Å². The summed E-state index contributed by atoms with van der Waals surface area (Å²) in [6, 6.07) is 6.21. The zero-order valence-electron chi connectivity index (χ0n) is 12.1. The Balaban J connectivity index is 1.76. The first-order valence-corrected chi connectivity index (χ1v) is 6.91. The number of aromatic amines is 1. The van der Waals surface area contributed by atoms with Crippen LogP contribution in [0.2, 0.25) is 0 Å². The van der Waals surface area contributed by atoms with Crippen LogP contribution in [0.15, 0.2) is 24.3 Å². The van der Waals surface area contributed by atoms with Crippen LogP contribution in [-0.4, -0.2) is 33.0 Å². The van der Waals surface area contributed by atoms with E-state index in [9.17, 15) is 9.18 Å². The number of nitrogens with one attached hydrogen (secondary N) is 1. The van der Waals surface area contributed by atoms with E-state index < -0.39 is 5.41 Å². The number of hydrogen-bond donors (Lipinski definition) is 1. The molecule has 0 radical (unpaired) electrons. The highest BCUT2D eigenvalue weighted by Crippen LogP contribution is 2.49. The van der Waals surface area contributed by atoms with Crippen LogP contribution in [0.25, 0.3) is 0 Å². The first-order valence-electron chi connectivity index (χ1n) is 6.91. The summed E-state index contributed by atoms with van der Waals surface area (Å²) in [6.07, 6.45) is 1.60. The molecule has 0 atom stereocenters. The fraction of sp³-hybridized carbons (Fsp3) is 0.400. The second-order valence-corrected chi connectivity index (χ2v) is 5.59. The van der Waals surface area contributed by atoms with Gasteiger partial charge in [0.2, 0.25) is 5.91 Å². The summed E-state index contributed by atoms with van der Waals surface area (Å²) in [7, 11) is 1.75. The van der Waals surface area contributed by atoms with E-state index >= 15 is 0 Å². The van der Waals surface area contributed by atoms with Crippen molar-refractivity contribution in [1.29, 1.82) is 0 Å². The van der Waals surface area contributed by atoms with Gasteiger partial charge < -0.3 is 4.90 Å².